The number of carboxylic acids is 1. The smallest absolute Gasteiger partial charge is 0.396 e. The highest BCUT2D eigenvalue weighted by molar-refractivity contribution is 5.68. The Morgan fingerprint density at radius 2 is 2.19 bits per heavy atom. The van der Waals surface area contributed by atoms with Crippen molar-refractivity contribution in [1.82, 2.24) is 4.98 Å². The van der Waals surface area contributed by atoms with Crippen LogP contribution in [0.1, 0.15) is 23.5 Å². The highest BCUT2D eigenvalue weighted by Gasteiger charge is 2.42. The van der Waals surface area contributed by atoms with Gasteiger partial charge < -0.3 is 5.11 Å². The summed E-state index contributed by atoms with van der Waals surface area (Å²) in [6.07, 6.45) is -3.02. The maximum absolute atomic E-state index is 12.7. The second kappa shape index (κ2) is 4.51. The van der Waals surface area contributed by atoms with Crippen LogP contribution in [0.25, 0.3) is 0 Å². The molecule has 1 heterocycles. The predicted octanol–water partition coefficient (Wildman–Crippen LogP) is 2.51. The second-order valence-corrected chi connectivity index (χ2v) is 3.42. The van der Waals surface area contributed by atoms with Crippen molar-refractivity contribution in [3.63, 3.8) is 0 Å². The summed E-state index contributed by atoms with van der Waals surface area (Å²) in [6, 6.07) is 1.20. The quantitative estimate of drug-likeness (QED) is 0.872. The first-order chi connectivity index (χ1) is 7.32. The Kier molecular flexibility index (Phi) is 3.51. The van der Waals surface area contributed by atoms with E-state index in [1.54, 1.807) is 0 Å². The average molecular weight is 233 g/mol. The minimum absolute atomic E-state index is 0.0371. The lowest BCUT2D eigenvalue weighted by molar-refractivity contribution is -0.163. The first-order valence-electron chi connectivity index (χ1n) is 4.51. The molecule has 1 aromatic rings. The standard InChI is InChI=1S/C10H10F3NO2/c1-6-5-14-3-2-7(6)8(4-9(15)16)10(11,12)13/h2-3,5,8H,4H2,1H3,(H,15,16). The van der Waals surface area contributed by atoms with Gasteiger partial charge in [-0.25, -0.2) is 0 Å². The van der Waals surface area contributed by atoms with Gasteiger partial charge in [0.1, 0.15) is 0 Å². The second-order valence-electron chi connectivity index (χ2n) is 3.42. The number of halogens is 3. The number of aliphatic carboxylic acids is 1. The van der Waals surface area contributed by atoms with E-state index in [1.165, 1.54) is 25.4 Å². The van der Waals surface area contributed by atoms with E-state index in [0.717, 1.165) is 0 Å². The molecule has 1 unspecified atom stereocenters. The molecule has 0 aliphatic carbocycles. The Balaban J connectivity index is 3.12. The molecule has 1 aromatic heterocycles. The van der Waals surface area contributed by atoms with Gasteiger partial charge in [0.2, 0.25) is 0 Å². The number of nitrogens with zero attached hydrogens (tertiary/aromatic N) is 1. The van der Waals surface area contributed by atoms with Gasteiger partial charge in [-0.15, -0.1) is 0 Å². The van der Waals surface area contributed by atoms with Crippen LogP contribution in [0.4, 0.5) is 13.2 Å². The van der Waals surface area contributed by atoms with E-state index < -0.39 is 24.5 Å². The van der Waals surface area contributed by atoms with Crippen LogP contribution in [0.5, 0.6) is 0 Å². The van der Waals surface area contributed by atoms with Crippen molar-refractivity contribution < 1.29 is 23.1 Å². The van der Waals surface area contributed by atoms with E-state index in [-0.39, 0.29) is 5.56 Å². The lowest BCUT2D eigenvalue weighted by atomic mass is 9.93. The summed E-state index contributed by atoms with van der Waals surface area (Å²) >= 11 is 0. The minimum Gasteiger partial charge on any atom is -0.481 e. The van der Waals surface area contributed by atoms with E-state index >= 15 is 0 Å². The topological polar surface area (TPSA) is 50.2 Å². The minimum atomic E-state index is -4.56. The monoisotopic (exact) mass is 233 g/mol. The molecule has 6 heteroatoms. The van der Waals surface area contributed by atoms with Crippen molar-refractivity contribution in [3.05, 3.63) is 29.6 Å². The molecule has 1 N–H and O–H groups in total. The fourth-order valence-electron chi connectivity index (χ4n) is 1.45. The molecule has 88 valence electrons. The predicted molar refractivity (Wildman–Crippen MR) is 50.0 cm³/mol. The fourth-order valence-corrected chi connectivity index (χ4v) is 1.45. The zero-order valence-electron chi connectivity index (χ0n) is 8.45. The summed E-state index contributed by atoms with van der Waals surface area (Å²) in [6.45, 7) is 1.48. The van der Waals surface area contributed by atoms with E-state index in [1.807, 2.05) is 0 Å². The Bertz CT molecular complexity index is 390. The van der Waals surface area contributed by atoms with Gasteiger partial charge in [0.15, 0.2) is 0 Å². The Morgan fingerprint density at radius 3 is 2.62 bits per heavy atom. The van der Waals surface area contributed by atoms with Crippen LogP contribution in [0.2, 0.25) is 0 Å². The molecular formula is C10H10F3NO2. The van der Waals surface area contributed by atoms with Crippen molar-refractivity contribution in [2.24, 2.45) is 0 Å². The van der Waals surface area contributed by atoms with Crippen LogP contribution in [-0.4, -0.2) is 22.2 Å². The molecule has 3 nitrogen and oxygen atoms in total. The summed E-state index contributed by atoms with van der Waals surface area (Å²) < 4.78 is 38.0. The molecule has 0 aliphatic rings. The van der Waals surface area contributed by atoms with Crippen LogP contribution >= 0.6 is 0 Å². The summed E-state index contributed by atoms with van der Waals surface area (Å²) in [5, 5.41) is 8.48. The van der Waals surface area contributed by atoms with Crippen LogP contribution in [-0.2, 0) is 4.79 Å². The van der Waals surface area contributed by atoms with Gasteiger partial charge in [0.05, 0.1) is 12.3 Å². The molecule has 0 spiro atoms. The number of rotatable bonds is 3. The molecule has 16 heavy (non-hydrogen) atoms. The lowest BCUT2D eigenvalue weighted by Gasteiger charge is -2.20. The number of aryl methyl sites for hydroxylation is 1. The van der Waals surface area contributed by atoms with E-state index in [0.29, 0.717) is 5.56 Å². The van der Waals surface area contributed by atoms with Crippen LogP contribution in [0, 0.1) is 6.92 Å². The van der Waals surface area contributed by atoms with Gasteiger partial charge in [-0.1, -0.05) is 0 Å². The number of carbonyl (C=O) groups is 1. The Labute approximate surface area is 89.9 Å². The Hall–Kier alpha value is -1.59. The SMILES string of the molecule is Cc1cnccc1C(CC(=O)O)C(F)(F)F. The molecule has 0 aliphatic heterocycles. The number of aromatic nitrogens is 1. The molecule has 0 radical (unpaired) electrons. The molecule has 1 atom stereocenters. The summed E-state index contributed by atoms with van der Waals surface area (Å²) in [7, 11) is 0. The third-order valence-corrected chi connectivity index (χ3v) is 2.21. The highest BCUT2D eigenvalue weighted by atomic mass is 19.4. The zero-order valence-corrected chi connectivity index (χ0v) is 8.45. The van der Waals surface area contributed by atoms with Gasteiger partial charge >= 0.3 is 12.1 Å². The largest absolute Gasteiger partial charge is 0.481 e. The maximum atomic E-state index is 12.7. The molecule has 0 saturated carbocycles. The van der Waals surface area contributed by atoms with Crippen LogP contribution in [0.15, 0.2) is 18.5 Å². The van der Waals surface area contributed by atoms with E-state index in [4.69, 9.17) is 5.11 Å². The Morgan fingerprint density at radius 1 is 1.56 bits per heavy atom. The molecule has 0 fully saturated rings. The van der Waals surface area contributed by atoms with Gasteiger partial charge in [-0.05, 0) is 24.1 Å². The van der Waals surface area contributed by atoms with Crippen molar-refractivity contribution >= 4 is 5.97 Å². The van der Waals surface area contributed by atoms with Gasteiger partial charge in [-0.2, -0.15) is 13.2 Å². The van der Waals surface area contributed by atoms with Gasteiger partial charge in [0, 0.05) is 12.4 Å². The lowest BCUT2D eigenvalue weighted by Crippen LogP contribution is -2.24. The van der Waals surface area contributed by atoms with Crippen molar-refractivity contribution in [2.45, 2.75) is 25.4 Å². The first-order valence-corrected chi connectivity index (χ1v) is 4.51. The fraction of sp³-hybridized carbons (Fsp3) is 0.400. The number of pyridine rings is 1. The molecule has 1 rings (SSSR count). The zero-order chi connectivity index (χ0) is 12.3. The third-order valence-electron chi connectivity index (χ3n) is 2.21. The van der Waals surface area contributed by atoms with Gasteiger partial charge in [-0.3, -0.25) is 9.78 Å². The summed E-state index contributed by atoms with van der Waals surface area (Å²) in [4.78, 5) is 14.1. The highest BCUT2D eigenvalue weighted by Crippen LogP contribution is 2.38. The number of carboxylic acid groups (broad SMARTS) is 1. The van der Waals surface area contributed by atoms with Crippen LogP contribution in [0.3, 0.4) is 0 Å². The van der Waals surface area contributed by atoms with Crippen molar-refractivity contribution in [3.8, 4) is 0 Å². The normalized spacial score (nSPS) is 13.5. The van der Waals surface area contributed by atoms with Crippen molar-refractivity contribution in [1.29, 1.82) is 0 Å². The summed E-state index contributed by atoms with van der Waals surface area (Å²) in [5.74, 6) is -3.45. The van der Waals surface area contributed by atoms with Crippen molar-refractivity contribution in [2.75, 3.05) is 0 Å². The molecule has 0 aromatic carbocycles. The third kappa shape index (κ3) is 2.95. The molecular weight excluding hydrogens is 223 g/mol. The van der Waals surface area contributed by atoms with E-state index in [2.05, 4.69) is 4.98 Å². The molecule has 0 amide bonds. The maximum Gasteiger partial charge on any atom is 0.396 e. The average Bonchev–Trinajstić information content (AvgIpc) is 2.13. The first kappa shape index (κ1) is 12.5. The van der Waals surface area contributed by atoms with Gasteiger partial charge in [0.25, 0.3) is 0 Å². The molecule has 0 bridgehead atoms. The van der Waals surface area contributed by atoms with E-state index in [9.17, 15) is 18.0 Å². The number of hydrogen-bond donors (Lipinski definition) is 1. The summed E-state index contributed by atoms with van der Waals surface area (Å²) in [5.41, 5.74) is 0.302. The molecule has 0 saturated heterocycles. The number of hydrogen-bond acceptors (Lipinski definition) is 2. The van der Waals surface area contributed by atoms with Crippen LogP contribution < -0.4 is 0 Å². The number of alkyl halides is 3.